The zero-order valence-corrected chi connectivity index (χ0v) is 16.2. The second-order valence-electron chi connectivity index (χ2n) is 7.27. The molecule has 11 nitrogen and oxygen atoms in total. The molecule has 1 aromatic carbocycles. The maximum absolute atomic E-state index is 12.5. The summed E-state index contributed by atoms with van der Waals surface area (Å²) in [5, 5.41) is 17.9. The molecule has 4 heterocycles. The number of amides is 1. The third-order valence-corrected chi connectivity index (χ3v) is 5.23. The first-order chi connectivity index (χ1) is 14.8. The van der Waals surface area contributed by atoms with Crippen molar-refractivity contribution < 1.29 is 4.79 Å². The number of fused-ring (bicyclic) bond motifs is 1. The molecule has 11 heteroatoms. The molecule has 0 saturated carbocycles. The number of rotatable bonds is 2. The average molecular weight is 404 g/mol. The number of guanidine groups is 1. The van der Waals surface area contributed by atoms with Gasteiger partial charge >= 0.3 is 0 Å². The summed E-state index contributed by atoms with van der Waals surface area (Å²) in [4.78, 5) is 28.7. The van der Waals surface area contributed by atoms with Crippen LogP contribution in [0.2, 0.25) is 0 Å². The minimum Gasteiger partial charge on any atom is -0.341 e. The molecule has 2 aromatic rings. The second kappa shape index (κ2) is 7.93. The maximum Gasteiger partial charge on any atom is 0.257 e. The van der Waals surface area contributed by atoms with E-state index >= 15 is 0 Å². The molecule has 3 aliphatic rings. The number of carbonyl (C=O) groups excluding carboxylic acids is 1. The molecule has 1 amide bonds. The van der Waals surface area contributed by atoms with Crippen molar-refractivity contribution in [2.45, 2.75) is 25.7 Å². The van der Waals surface area contributed by atoms with E-state index in [1.807, 2.05) is 24.3 Å². The van der Waals surface area contributed by atoms with E-state index in [0.29, 0.717) is 29.0 Å². The van der Waals surface area contributed by atoms with E-state index in [0.717, 1.165) is 31.5 Å². The number of aromatic amines is 1. The Bertz CT molecular complexity index is 1040. The zero-order valence-electron chi connectivity index (χ0n) is 16.2. The first kappa shape index (κ1) is 18.3. The van der Waals surface area contributed by atoms with Crippen LogP contribution < -0.4 is 5.43 Å². The molecule has 2 N–H and O–H groups in total. The van der Waals surface area contributed by atoms with Crippen molar-refractivity contribution in [3.8, 4) is 11.4 Å². The predicted molar refractivity (Wildman–Crippen MR) is 112 cm³/mol. The second-order valence-corrected chi connectivity index (χ2v) is 7.27. The SMILES string of the molecule is O=C1NN=CC2=NC(N3CCCCCC3)=NC(=Nc3ccc(-c4nn[nH]n4)cc3)C12. The van der Waals surface area contributed by atoms with E-state index < -0.39 is 5.92 Å². The van der Waals surface area contributed by atoms with E-state index in [4.69, 9.17) is 4.99 Å². The lowest BCUT2D eigenvalue weighted by atomic mass is 9.99. The van der Waals surface area contributed by atoms with Crippen LogP contribution in [0.1, 0.15) is 25.7 Å². The Morgan fingerprint density at radius 1 is 1.03 bits per heavy atom. The van der Waals surface area contributed by atoms with Gasteiger partial charge in [-0.05, 0) is 42.3 Å². The first-order valence-electron chi connectivity index (χ1n) is 9.95. The van der Waals surface area contributed by atoms with Crippen LogP contribution in [0.15, 0.2) is 44.3 Å². The van der Waals surface area contributed by atoms with Gasteiger partial charge in [0.2, 0.25) is 11.8 Å². The number of hydrogen-bond donors (Lipinski definition) is 2. The molecule has 5 rings (SSSR count). The molecule has 3 aliphatic heterocycles. The van der Waals surface area contributed by atoms with E-state index in [1.165, 1.54) is 12.8 Å². The lowest BCUT2D eigenvalue weighted by Gasteiger charge is -2.28. The summed E-state index contributed by atoms with van der Waals surface area (Å²) in [5.41, 5.74) is 4.54. The Labute approximate surface area is 172 Å². The lowest BCUT2D eigenvalue weighted by molar-refractivity contribution is -0.121. The van der Waals surface area contributed by atoms with Gasteiger partial charge in [0.1, 0.15) is 5.92 Å². The summed E-state index contributed by atoms with van der Waals surface area (Å²) < 4.78 is 0. The molecule has 1 saturated heterocycles. The lowest BCUT2D eigenvalue weighted by Crippen LogP contribution is -2.46. The summed E-state index contributed by atoms with van der Waals surface area (Å²) in [5.74, 6) is 0.569. The van der Waals surface area contributed by atoms with Crippen LogP contribution in [0.5, 0.6) is 0 Å². The predicted octanol–water partition coefficient (Wildman–Crippen LogP) is 1.32. The smallest absolute Gasteiger partial charge is 0.257 e. The fraction of sp³-hybridized carbons (Fsp3) is 0.368. The molecule has 1 aromatic heterocycles. The molecule has 30 heavy (non-hydrogen) atoms. The van der Waals surface area contributed by atoms with E-state index in [-0.39, 0.29) is 5.91 Å². The van der Waals surface area contributed by atoms with Gasteiger partial charge in [0.15, 0.2) is 5.84 Å². The van der Waals surface area contributed by atoms with Gasteiger partial charge in [-0.1, -0.05) is 12.8 Å². The number of tetrazole rings is 1. The number of aliphatic imine (C=N–C) groups is 3. The molecular formula is C19H20N10O. The highest BCUT2D eigenvalue weighted by Gasteiger charge is 2.36. The Morgan fingerprint density at radius 3 is 2.57 bits per heavy atom. The number of likely N-dealkylation sites (tertiary alicyclic amines) is 1. The van der Waals surface area contributed by atoms with Crippen LogP contribution in [0.25, 0.3) is 11.4 Å². The Kier molecular flexibility index (Phi) is 4.83. The van der Waals surface area contributed by atoms with Gasteiger partial charge in [0.25, 0.3) is 5.91 Å². The summed E-state index contributed by atoms with van der Waals surface area (Å²) >= 11 is 0. The van der Waals surface area contributed by atoms with Gasteiger partial charge in [0.05, 0.1) is 17.6 Å². The Morgan fingerprint density at radius 2 is 1.83 bits per heavy atom. The normalized spacial score (nSPS) is 22.8. The van der Waals surface area contributed by atoms with Crippen LogP contribution in [0.3, 0.4) is 0 Å². The van der Waals surface area contributed by atoms with E-state index in [9.17, 15) is 4.79 Å². The summed E-state index contributed by atoms with van der Waals surface area (Å²) in [6.07, 6.45) is 6.20. The van der Waals surface area contributed by atoms with Crippen molar-refractivity contribution in [2.75, 3.05) is 13.1 Å². The molecule has 1 unspecified atom stereocenters. The van der Waals surface area contributed by atoms with E-state index in [2.05, 4.69) is 46.0 Å². The topological polar surface area (TPSA) is 136 Å². The quantitative estimate of drug-likeness (QED) is 0.778. The van der Waals surface area contributed by atoms with Crippen LogP contribution >= 0.6 is 0 Å². The molecule has 0 bridgehead atoms. The average Bonchev–Trinajstić information content (AvgIpc) is 3.16. The molecule has 0 aliphatic carbocycles. The third kappa shape index (κ3) is 3.61. The van der Waals surface area contributed by atoms with Crippen molar-refractivity contribution in [3.05, 3.63) is 24.3 Å². The number of amidine groups is 1. The molecule has 0 radical (unpaired) electrons. The number of aromatic nitrogens is 4. The highest BCUT2D eigenvalue weighted by Crippen LogP contribution is 2.23. The number of hydrogen-bond acceptors (Lipinski definition) is 8. The highest BCUT2D eigenvalue weighted by molar-refractivity contribution is 6.46. The van der Waals surface area contributed by atoms with Crippen molar-refractivity contribution >= 4 is 35.3 Å². The summed E-state index contributed by atoms with van der Waals surface area (Å²) in [6.45, 7) is 1.80. The van der Waals surface area contributed by atoms with Crippen LogP contribution in [-0.2, 0) is 4.79 Å². The number of benzene rings is 1. The monoisotopic (exact) mass is 404 g/mol. The van der Waals surface area contributed by atoms with Crippen molar-refractivity contribution in [1.29, 1.82) is 0 Å². The molecule has 1 fully saturated rings. The van der Waals surface area contributed by atoms with Gasteiger partial charge in [-0.2, -0.15) is 15.3 Å². The standard InChI is InChI=1S/C19H20N10O/c30-18-15-14(11-20-26-18)22-19(29-9-3-1-2-4-10-29)23-17(15)21-13-7-5-12(6-8-13)16-24-27-28-25-16/h5-8,11,15H,1-4,9-10H2,(H,26,30)(H,24,25,27,28). The van der Waals surface area contributed by atoms with Gasteiger partial charge in [-0.25, -0.2) is 15.4 Å². The zero-order chi connectivity index (χ0) is 20.3. The molecule has 152 valence electrons. The highest BCUT2D eigenvalue weighted by atomic mass is 16.2. The number of H-pyrrole nitrogens is 1. The van der Waals surface area contributed by atoms with Crippen LogP contribution in [-0.4, -0.2) is 68.2 Å². The molecular weight excluding hydrogens is 384 g/mol. The summed E-state index contributed by atoms with van der Waals surface area (Å²) in [6, 6.07) is 7.37. The van der Waals surface area contributed by atoms with Crippen molar-refractivity contribution in [1.82, 2.24) is 30.9 Å². The maximum atomic E-state index is 12.5. The fourth-order valence-electron chi connectivity index (χ4n) is 3.69. The number of nitrogens with zero attached hydrogens (tertiary/aromatic N) is 8. The van der Waals surface area contributed by atoms with Gasteiger partial charge in [0, 0.05) is 18.7 Å². The van der Waals surface area contributed by atoms with Crippen LogP contribution in [0.4, 0.5) is 5.69 Å². The van der Waals surface area contributed by atoms with Crippen LogP contribution in [0, 0.1) is 5.92 Å². The summed E-state index contributed by atoms with van der Waals surface area (Å²) in [7, 11) is 0. The first-order valence-corrected chi connectivity index (χ1v) is 9.95. The molecule has 1 atom stereocenters. The largest absolute Gasteiger partial charge is 0.341 e. The van der Waals surface area contributed by atoms with E-state index in [1.54, 1.807) is 6.21 Å². The number of nitrogens with one attached hydrogen (secondary N) is 2. The Balaban J connectivity index is 1.49. The number of carbonyl (C=O) groups is 1. The van der Waals surface area contributed by atoms with Crippen molar-refractivity contribution in [2.24, 2.45) is 26.0 Å². The van der Waals surface area contributed by atoms with Gasteiger partial charge in [-0.3, -0.25) is 4.79 Å². The fourth-order valence-corrected chi connectivity index (χ4v) is 3.69. The van der Waals surface area contributed by atoms with Gasteiger partial charge < -0.3 is 4.90 Å². The molecule has 0 spiro atoms. The third-order valence-electron chi connectivity index (χ3n) is 5.23. The Hall–Kier alpha value is -3.76. The van der Waals surface area contributed by atoms with Crippen molar-refractivity contribution in [3.63, 3.8) is 0 Å². The minimum atomic E-state index is -0.671. The van der Waals surface area contributed by atoms with Gasteiger partial charge in [-0.15, -0.1) is 10.2 Å². The minimum absolute atomic E-state index is 0.280. The number of hydrazone groups is 1.